The van der Waals surface area contributed by atoms with Gasteiger partial charge in [0, 0.05) is 12.1 Å². The molecule has 7 nitrogen and oxygen atoms in total. The maximum atomic E-state index is 14.0. The lowest BCUT2D eigenvalue weighted by Crippen LogP contribution is -2.28. The van der Waals surface area contributed by atoms with E-state index in [0.717, 1.165) is 0 Å². The molecule has 1 heterocycles. The molecule has 0 fully saturated rings. The number of hydrogen-bond acceptors (Lipinski definition) is 5. The second kappa shape index (κ2) is 9.08. The number of anilines is 1. The number of aryl methyl sites for hydroxylation is 1. The number of nitrogens with one attached hydrogen (secondary N) is 2. The fraction of sp³-hybridized carbons (Fsp3) is 0.235. The monoisotopic (exact) mass is 397 g/mol. The van der Waals surface area contributed by atoms with Crippen molar-refractivity contribution in [2.75, 3.05) is 11.9 Å². The highest BCUT2D eigenvalue weighted by atomic mass is 32.1. The minimum absolute atomic E-state index is 0.0490. The van der Waals surface area contributed by atoms with Gasteiger partial charge in [0.15, 0.2) is 17.2 Å². The summed E-state index contributed by atoms with van der Waals surface area (Å²) < 4.78 is 37.0. The van der Waals surface area contributed by atoms with Gasteiger partial charge in [-0.05, 0) is 23.5 Å². The van der Waals surface area contributed by atoms with E-state index < -0.39 is 30.2 Å². The van der Waals surface area contributed by atoms with Gasteiger partial charge in [-0.2, -0.15) is 4.37 Å². The van der Waals surface area contributed by atoms with E-state index in [0.29, 0.717) is 18.0 Å². The zero-order chi connectivity index (χ0) is 20.0. The van der Waals surface area contributed by atoms with Crippen molar-refractivity contribution in [1.29, 1.82) is 0 Å². The lowest BCUT2D eigenvalue weighted by Gasteiger charge is -2.09. The van der Waals surface area contributed by atoms with Crippen LogP contribution in [0, 0.1) is 11.6 Å². The van der Waals surface area contributed by atoms with Crippen LogP contribution in [0.15, 0.2) is 24.8 Å². The van der Waals surface area contributed by atoms with Crippen molar-refractivity contribution < 1.29 is 28.2 Å². The minimum atomic E-state index is -1.38. The van der Waals surface area contributed by atoms with Crippen LogP contribution < -0.4 is 15.4 Å². The van der Waals surface area contributed by atoms with Crippen LogP contribution in [0.5, 0.6) is 5.88 Å². The lowest BCUT2D eigenvalue weighted by molar-refractivity contribution is 0.0693. The van der Waals surface area contributed by atoms with Crippen LogP contribution in [-0.2, 0) is 13.0 Å². The van der Waals surface area contributed by atoms with Crippen molar-refractivity contribution in [2.45, 2.75) is 20.0 Å². The van der Waals surface area contributed by atoms with Gasteiger partial charge in [0.2, 0.25) is 5.88 Å². The number of carbonyl (C=O) groups is 2. The Kier molecular flexibility index (Phi) is 6.83. The standard InChI is InChI=1S/C17H17F2N3O4S/c1-3-7-20-17(25)21-15-11(16(23)24)14(22-27-15)26-8-10-6-5-9(4-2)12(18)13(10)19/h3,5-6H,1,4,7-8H2,2H3,(H,23,24)(H2,20,21,25). The molecule has 10 heteroatoms. The summed E-state index contributed by atoms with van der Waals surface area (Å²) in [6.07, 6.45) is 1.79. The molecule has 2 rings (SSSR count). The second-order valence-electron chi connectivity index (χ2n) is 5.27. The first kappa shape index (κ1) is 20.3. The van der Waals surface area contributed by atoms with E-state index in [4.69, 9.17) is 4.74 Å². The van der Waals surface area contributed by atoms with E-state index in [2.05, 4.69) is 21.6 Å². The maximum absolute atomic E-state index is 14.0. The van der Waals surface area contributed by atoms with Crippen molar-refractivity contribution in [3.05, 3.63) is 53.1 Å². The molecule has 0 unspecified atom stereocenters. The number of amides is 2. The number of carbonyl (C=O) groups excluding carboxylic acids is 1. The molecular formula is C17H17F2N3O4S. The van der Waals surface area contributed by atoms with Crippen LogP contribution in [0.1, 0.15) is 28.4 Å². The number of nitrogens with zero attached hydrogens (tertiary/aromatic N) is 1. The molecule has 1 aromatic carbocycles. The van der Waals surface area contributed by atoms with Crippen LogP contribution >= 0.6 is 11.5 Å². The van der Waals surface area contributed by atoms with Crippen molar-refractivity contribution in [2.24, 2.45) is 0 Å². The van der Waals surface area contributed by atoms with Crippen molar-refractivity contribution in [3.63, 3.8) is 0 Å². The van der Waals surface area contributed by atoms with E-state index in [-0.39, 0.29) is 34.1 Å². The normalized spacial score (nSPS) is 10.3. The van der Waals surface area contributed by atoms with Crippen LogP contribution in [0.2, 0.25) is 0 Å². The molecule has 2 aromatic rings. The molecule has 0 saturated heterocycles. The summed E-state index contributed by atoms with van der Waals surface area (Å²) >= 11 is 0.693. The molecule has 0 bridgehead atoms. The Morgan fingerprint density at radius 3 is 2.63 bits per heavy atom. The van der Waals surface area contributed by atoms with Gasteiger partial charge in [0.1, 0.15) is 11.6 Å². The molecule has 0 aliphatic carbocycles. The predicted octanol–water partition coefficient (Wildman–Crippen LogP) is 3.57. The number of aromatic nitrogens is 1. The molecule has 2 amide bonds. The summed E-state index contributed by atoms with van der Waals surface area (Å²) in [7, 11) is 0. The Labute approximate surface area is 157 Å². The number of carboxylic acid groups (broad SMARTS) is 1. The summed E-state index contributed by atoms with van der Waals surface area (Å²) in [4.78, 5) is 23.1. The SMILES string of the molecule is C=CCNC(=O)Nc1snc(OCc2ccc(CC)c(F)c2F)c1C(=O)O. The number of benzene rings is 1. The minimum Gasteiger partial charge on any atom is -0.477 e. The molecule has 0 radical (unpaired) electrons. The average Bonchev–Trinajstić information content (AvgIpc) is 3.04. The fourth-order valence-electron chi connectivity index (χ4n) is 2.12. The maximum Gasteiger partial charge on any atom is 0.344 e. The number of hydrogen-bond donors (Lipinski definition) is 3. The number of urea groups is 1. The third kappa shape index (κ3) is 4.79. The van der Waals surface area contributed by atoms with Gasteiger partial charge in [0.05, 0.1) is 0 Å². The Bertz CT molecular complexity index is 870. The van der Waals surface area contributed by atoms with E-state index >= 15 is 0 Å². The van der Waals surface area contributed by atoms with Gasteiger partial charge in [-0.25, -0.2) is 18.4 Å². The lowest BCUT2D eigenvalue weighted by atomic mass is 10.1. The van der Waals surface area contributed by atoms with Gasteiger partial charge in [-0.3, -0.25) is 5.32 Å². The van der Waals surface area contributed by atoms with E-state index in [9.17, 15) is 23.5 Å². The number of ether oxygens (including phenoxy) is 1. The van der Waals surface area contributed by atoms with E-state index in [1.807, 2.05) is 0 Å². The van der Waals surface area contributed by atoms with E-state index in [1.165, 1.54) is 18.2 Å². The summed E-state index contributed by atoms with van der Waals surface area (Å²) in [5, 5.41) is 14.1. The van der Waals surface area contributed by atoms with Gasteiger partial charge in [0.25, 0.3) is 0 Å². The van der Waals surface area contributed by atoms with Crippen molar-refractivity contribution in [1.82, 2.24) is 9.69 Å². The predicted molar refractivity (Wildman–Crippen MR) is 96.4 cm³/mol. The highest BCUT2D eigenvalue weighted by Crippen LogP contribution is 2.31. The summed E-state index contributed by atoms with van der Waals surface area (Å²) in [5.74, 6) is -3.70. The highest BCUT2D eigenvalue weighted by Gasteiger charge is 2.24. The van der Waals surface area contributed by atoms with E-state index in [1.54, 1.807) is 6.92 Å². The van der Waals surface area contributed by atoms with Crippen LogP contribution in [0.4, 0.5) is 18.6 Å². The first-order chi connectivity index (χ1) is 12.9. The third-order valence-corrected chi connectivity index (χ3v) is 4.24. The molecular weight excluding hydrogens is 380 g/mol. The molecule has 3 N–H and O–H groups in total. The fourth-order valence-corrected chi connectivity index (χ4v) is 2.84. The summed E-state index contributed by atoms with van der Waals surface area (Å²) in [5.41, 5.74) is -0.222. The summed E-state index contributed by atoms with van der Waals surface area (Å²) in [6.45, 7) is 4.91. The third-order valence-electron chi connectivity index (χ3n) is 3.50. The number of halogens is 2. The molecule has 0 spiro atoms. The second-order valence-corrected chi connectivity index (χ2v) is 6.05. The molecule has 0 saturated carbocycles. The van der Waals surface area contributed by atoms with Gasteiger partial charge < -0.3 is 15.2 Å². The number of aromatic carboxylic acids is 1. The Morgan fingerprint density at radius 1 is 1.33 bits per heavy atom. The molecule has 27 heavy (non-hydrogen) atoms. The zero-order valence-corrected chi connectivity index (χ0v) is 15.2. The van der Waals surface area contributed by atoms with Crippen LogP contribution in [0.25, 0.3) is 0 Å². The highest BCUT2D eigenvalue weighted by molar-refractivity contribution is 7.11. The van der Waals surface area contributed by atoms with Gasteiger partial charge in [-0.1, -0.05) is 25.1 Å². The van der Waals surface area contributed by atoms with Gasteiger partial charge >= 0.3 is 12.0 Å². The molecule has 0 atom stereocenters. The van der Waals surface area contributed by atoms with Crippen LogP contribution in [0.3, 0.4) is 0 Å². The quantitative estimate of drug-likeness (QED) is 0.591. The first-order valence-electron chi connectivity index (χ1n) is 7.86. The topological polar surface area (TPSA) is 101 Å². The molecule has 0 aliphatic rings. The Morgan fingerprint density at radius 2 is 2.00 bits per heavy atom. The van der Waals surface area contributed by atoms with Gasteiger partial charge in [-0.15, -0.1) is 6.58 Å². The largest absolute Gasteiger partial charge is 0.477 e. The Balaban J connectivity index is 2.17. The number of rotatable bonds is 8. The zero-order valence-electron chi connectivity index (χ0n) is 14.3. The smallest absolute Gasteiger partial charge is 0.344 e. The Hall–Kier alpha value is -3.01. The van der Waals surface area contributed by atoms with Crippen LogP contribution in [-0.4, -0.2) is 28.0 Å². The number of carboxylic acids is 1. The van der Waals surface area contributed by atoms with Crippen molar-refractivity contribution in [3.8, 4) is 5.88 Å². The van der Waals surface area contributed by atoms with Crippen molar-refractivity contribution >= 4 is 28.5 Å². The first-order valence-corrected chi connectivity index (χ1v) is 8.63. The molecule has 1 aromatic heterocycles. The average molecular weight is 397 g/mol. The molecule has 144 valence electrons. The molecule has 0 aliphatic heterocycles. The summed E-state index contributed by atoms with van der Waals surface area (Å²) in [6, 6.07) is 2.16.